The van der Waals surface area contributed by atoms with Gasteiger partial charge in [0.25, 0.3) is 0 Å². The molecule has 26 heavy (non-hydrogen) atoms. The van der Waals surface area contributed by atoms with Crippen molar-refractivity contribution in [3.63, 3.8) is 0 Å². The normalized spacial score (nSPS) is 11.2. The van der Waals surface area contributed by atoms with Crippen molar-refractivity contribution in [2.45, 2.75) is 20.3 Å². The molecule has 0 radical (unpaired) electrons. The average molecular weight is 395 g/mol. The van der Waals surface area contributed by atoms with Gasteiger partial charge in [0.05, 0.1) is 17.0 Å². The van der Waals surface area contributed by atoms with E-state index in [-0.39, 0.29) is 18.9 Å². The molecule has 0 heterocycles. The number of rotatable bonds is 7. The summed E-state index contributed by atoms with van der Waals surface area (Å²) in [6.07, 6.45) is 1.17. The molecule has 140 valence electrons. The van der Waals surface area contributed by atoms with E-state index in [2.05, 4.69) is 0 Å². The van der Waals surface area contributed by atoms with Crippen LogP contribution in [0, 0.1) is 6.92 Å². The molecule has 5 nitrogen and oxygen atoms in total. The van der Waals surface area contributed by atoms with E-state index >= 15 is 0 Å². The van der Waals surface area contributed by atoms with Crippen molar-refractivity contribution < 1.29 is 13.2 Å². The molecule has 2 rings (SSSR count). The number of halogens is 1. The smallest absolute Gasteiger partial charge is 0.232 e. The van der Waals surface area contributed by atoms with E-state index in [1.165, 1.54) is 4.31 Å². The molecule has 0 aliphatic heterocycles. The molecule has 2 aromatic rings. The minimum Gasteiger partial charge on any atom is -0.313 e. The van der Waals surface area contributed by atoms with Gasteiger partial charge in [-0.15, -0.1) is 0 Å². The Labute approximate surface area is 160 Å². The second kappa shape index (κ2) is 8.56. The lowest BCUT2D eigenvalue weighted by Gasteiger charge is -2.26. The lowest BCUT2D eigenvalue weighted by atomic mass is 10.2. The molecule has 0 unspecified atom stereocenters. The number of hydrogen-bond donors (Lipinski definition) is 0. The molecular formula is C19H23ClN2O3S. The predicted molar refractivity (Wildman–Crippen MR) is 107 cm³/mol. The fraction of sp³-hybridized carbons (Fsp3) is 0.316. The van der Waals surface area contributed by atoms with Gasteiger partial charge in [0, 0.05) is 25.2 Å². The van der Waals surface area contributed by atoms with E-state index in [1.54, 1.807) is 29.2 Å². The summed E-state index contributed by atoms with van der Waals surface area (Å²) in [6.45, 7) is 4.39. The first-order valence-electron chi connectivity index (χ1n) is 8.33. The van der Waals surface area contributed by atoms with Gasteiger partial charge in [0.15, 0.2) is 0 Å². The Morgan fingerprint density at radius 1 is 1.12 bits per heavy atom. The van der Waals surface area contributed by atoms with Gasteiger partial charge in [-0.1, -0.05) is 35.9 Å². The zero-order valence-electron chi connectivity index (χ0n) is 15.1. The van der Waals surface area contributed by atoms with E-state index in [0.29, 0.717) is 17.3 Å². The summed E-state index contributed by atoms with van der Waals surface area (Å²) in [5.41, 5.74) is 2.24. The van der Waals surface area contributed by atoms with Gasteiger partial charge in [0.1, 0.15) is 0 Å². The van der Waals surface area contributed by atoms with E-state index in [9.17, 15) is 13.2 Å². The summed E-state index contributed by atoms with van der Waals surface area (Å²) in [6, 6.07) is 14.4. The Kier molecular flexibility index (Phi) is 6.67. The summed E-state index contributed by atoms with van der Waals surface area (Å²) in [5.74, 6) is -0.140. The summed E-state index contributed by atoms with van der Waals surface area (Å²) in [4.78, 5) is 14.4. The highest BCUT2D eigenvalue weighted by Gasteiger charge is 2.22. The maximum absolute atomic E-state index is 12.7. The van der Waals surface area contributed by atoms with Crippen LogP contribution in [0.25, 0.3) is 0 Å². The Morgan fingerprint density at radius 3 is 2.38 bits per heavy atom. The molecular weight excluding hydrogens is 372 g/mol. The van der Waals surface area contributed by atoms with Crippen molar-refractivity contribution in [1.29, 1.82) is 0 Å². The van der Waals surface area contributed by atoms with Crippen molar-refractivity contribution in [3.8, 4) is 0 Å². The molecule has 0 saturated heterocycles. The fourth-order valence-electron chi connectivity index (χ4n) is 2.75. The number of para-hydroxylation sites is 1. The number of hydrogen-bond acceptors (Lipinski definition) is 3. The number of carbonyl (C=O) groups is 1. The van der Waals surface area contributed by atoms with E-state index in [4.69, 9.17) is 11.6 Å². The summed E-state index contributed by atoms with van der Waals surface area (Å²) < 4.78 is 25.6. The first-order valence-corrected chi connectivity index (χ1v) is 10.6. The molecule has 1 amide bonds. The maximum atomic E-state index is 12.7. The van der Waals surface area contributed by atoms with Crippen molar-refractivity contribution in [3.05, 3.63) is 59.1 Å². The van der Waals surface area contributed by atoms with Gasteiger partial charge < -0.3 is 4.90 Å². The molecule has 0 fully saturated rings. The largest absolute Gasteiger partial charge is 0.313 e. The zero-order valence-corrected chi connectivity index (χ0v) is 16.7. The van der Waals surface area contributed by atoms with Crippen molar-refractivity contribution in [1.82, 2.24) is 0 Å². The molecule has 0 spiro atoms. The molecule has 0 bridgehead atoms. The molecule has 0 N–H and O–H groups in total. The average Bonchev–Trinajstić information content (AvgIpc) is 2.56. The van der Waals surface area contributed by atoms with Crippen molar-refractivity contribution >= 4 is 38.9 Å². The maximum Gasteiger partial charge on any atom is 0.232 e. The summed E-state index contributed by atoms with van der Waals surface area (Å²) in [5, 5.41) is 0.330. The van der Waals surface area contributed by atoms with E-state index in [0.717, 1.165) is 17.5 Å². The van der Waals surface area contributed by atoms with Crippen LogP contribution in [0.1, 0.15) is 18.9 Å². The highest BCUT2D eigenvalue weighted by atomic mass is 35.5. The zero-order chi connectivity index (χ0) is 19.3. The number of sulfonamides is 1. The third kappa shape index (κ3) is 4.99. The number of nitrogens with zero attached hydrogens (tertiary/aromatic N) is 2. The van der Waals surface area contributed by atoms with Crippen LogP contribution in [-0.4, -0.2) is 33.7 Å². The highest BCUT2D eigenvalue weighted by Crippen LogP contribution is 2.27. The van der Waals surface area contributed by atoms with Gasteiger partial charge in [-0.2, -0.15) is 0 Å². The summed E-state index contributed by atoms with van der Waals surface area (Å²) in [7, 11) is -3.56. The molecule has 0 atom stereocenters. The van der Waals surface area contributed by atoms with Crippen molar-refractivity contribution in [2.75, 3.05) is 28.6 Å². The third-order valence-electron chi connectivity index (χ3n) is 3.98. The second-order valence-corrected chi connectivity index (χ2v) is 8.33. The topological polar surface area (TPSA) is 57.7 Å². The van der Waals surface area contributed by atoms with Crippen LogP contribution >= 0.6 is 11.6 Å². The predicted octanol–water partition coefficient (Wildman–Crippen LogP) is 3.86. The molecule has 0 saturated carbocycles. The Bertz CT molecular complexity index is 884. The molecule has 0 aromatic heterocycles. The quantitative estimate of drug-likeness (QED) is 0.716. The highest BCUT2D eigenvalue weighted by molar-refractivity contribution is 7.92. The number of anilines is 2. The number of aryl methyl sites for hydroxylation is 1. The minimum absolute atomic E-state index is 0.0315. The first kappa shape index (κ1) is 20.3. The van der Waals surface area contributed by atoms with Crippen LogP contribution in [0.5, 0.6) is 0 Å². The van der Waals surface area contributed by atoms with Crippen molar-refractivity contribution in [2.24, 2.45) is 0 Å². The molecule has 0 aliphatic rings. The number of benzene rings is 2. The Hall–Kier alpha value is -2.05. The van der Waals surface area contributed by atoms with Gasteiger partial charge in [-0.25, -0.2) is 8.42 Å². The standard InChI is InChI=1S/C19H23ClN2O3S/c1-4-21(16-9-7-8-15(2)14-16)19(23)12-13-22(26(3,24)25)18-11-6-5-10-17(18)20/h5-11,14H,4,12-13H2,1-3H3. The number of amides is 1. The van der Waals surface area contributed by atoms with E-state index < -0.39 is 10.0 Å². The van der Waals surface area contributed by atoms with Gasteiger partial charge >= 0.3 is 0 Å². The monoisotopic (exact) mass is 394 g/mol. The lowest BCUT2D eigenvalue weighted by Crippen LogP contribution is -2.37. The van der Waals surface area contributed by atoms with Gasteiger partial charge in [-0.3, -0.25) is 9.10 Å². The lowest BCUT2D eigenvalue weighted by molar-refractivity contribution is -0.118. The van der Waals surface area contributed by atoms with Gasteiger partial charge in [0.2, 0.25) is 15.9 Å². The Morgan fingerprint density at radius 2 is 1.81 bits per heavy atom. The summed E-state index contributed by atoms with van der Waals surface area (Å²) >= 11 is 6.14. The van der Waals surface area contributed by atoms with E-state index in [1.807, 2.05) is 38.1 Å². The van der Waals surface area contributed by atoms with Gasteiger partial charge in [-0.05, 0) is 43.7 Å². The van der Waals surface area contributed by atoms with Crippen LogP contribution in [0.2, 0.25) is 5.02 Å². The molecule has 2 aromatic carbocycles. The third-order valence-corrected chi connectivity index (χ3v) is 5.48. The SMILES string of the molecule is CCN(C(=O)CCN(c1ccccc1Cl)S(C)(=O)=O)c1cccc(C)c1. The molecule has 0 aliphatic carbocycles. The van der Waals surface area contributed by atoms with Crippen LogP contribution in [0.4, 0.5) is 11.4 Å². The molecule has 7 heteroatoms. The van der Waals surface area contributed by atoms with Crippen LogP contribution < -0.4 is 9.21 Å². The van der Waals surface area contributed by atoms with Crippen LogP contribution in [0.15, 0.2) is 48.5 Å². The van der Waals surface area contributed by atoms with Crippen LogP contribution in [0.3, 0.4) is 0 Å². The van der Waals surface area contributed by atoms with Crippen LogP contribution in [-0.2, 0) is 14.8 Å². The number of carbonyl (C=O) groups excluding carboxylic acids is 1. The Balaban J connectivity index is 2.20. The minimum atomic E-state index is -3.56. The second-order valence-electron chi connectivity index (χ2n) is 6.01. The first-order chi connectivity index (χ1) is 12.2. The fourth-order valence-corrected chi connectivity index (χ4v) is 3.98.